The number of rotatable bonds is 1. The number of hydrogen-bond acceptors (Lipinski definition) is 3. The number of fused-ring (bicyclic) bond motifs is 1. The van der Waals surface area contributed by atoms with E-state index < -0.39 is 0 Å². The van der Waals surface area contributed by atoms with Gasteiger partial charge in [0, 0.05) is 22.3 Å². The van der Waals surface area contributed by atoms with Gasteiger partial charge < -0.3 is 10.3 Å². The van der Waals surface area contributed by atoms with E-state index in [0.29, 0.717) is 5.69 Å². The van der Waals surface area contributed by atoms with Gasteiger partial charge in [-0.3, -0.25) is 4.98 Å². The van der Waals surface area contributed by atoms with E-state index in [9.17, 15) is 0 Å². The first kappa shape index (κ1) is 10.3. The van der Waals surface area contributed by atoms with Crippen LogP contribution in [-0.2, 0) is 0 Å². The van der Waals surface area contributed by atoms with Gasteiger partial charge in [-0.2, -0.15) is 0 Å². The maximum absolute atomic E-state index is 6.00. The quantitative estimate of drug-likeness (QED) is 0.749. The molecule has 0 fully saturated rings. The van der Waals surface area contributed by atoms with Crippen molar-refractivity contribution in [2.75, 3.05) is 5.73 Å². The number of hydrogen-bond donors (Lipinski definition) is 1. The highest BCUT2D eigenvalue weighted by Crippen LogP contribution is 2.28. The van der Waals surface area contributed by atoms with Gasteiger partial charge in [0.2, 0.25) is 0 Å². The molecule has 0 aliphatic carbocycles. The average molecular weight is 289 g/mol. The molecule has 2 aromatic heterocycles. The Morgan fingerprint density at radius 1 is 1.29 bits per heavy atom. The lowest BCUT2D eigenvalue weighted by atomic mass is 10.1. The number of nitrogen functional groups attached to an aromatic ring is 1. The first-order chi connectivity index (χ1) is 8.25. The van der Waals surface area contributed by atoms with Crippen LogP contribution in [-0.4, -0.2) is 14.5 Å². The molecular formula is C12H9BrN4. The van der Waals surface area contributed by atoms with Crippen molar-refractivity contribution in [2.45, 2.75) is 0 Å². The Morgan fingerprint density at radius 3 is 2.94 bits per heavy atom. The molecule has 4 nitrogen and oxygen atoms in total. The van der Waals surface area contributed by atoms with E-state index in [0.717, 1.165) is 21.1 Å². The SMILES string of the molecule is Nc1cnc2ccc(Br)cc2c1-n1ccnc1. The van der Waals surface area contributed by atoms with Crippen LogP contribution in [0.15, 0.2) is 47.6 Å². The predicted octanol–water partition coefficient (Wildman–Crippen LogP) is 2.77. The van der Waals surface area contributed by atoms with Crippen LogP contribution in [0.3, 0.4) is 0 Å². The minimum absolute atomic E-state index is 0.633. The maximum Gasteiger partial charge on any atom is 0.0992 e. The third kappa shape index (κ3) is 1.68. The van der Waals surface area contributed by atoms with Gasteiger partial charge in [-0.1, -0.05) is 15.9 Å². The summed E-state index contributed by atoms with van der Waals surface area (Å²) in [6, 6.07) is 5.93. The molecule has 0 aliphatic rings. The van der Waals surface area contributed by atoms with Crippen LogP contribution in [0.2, 0.25) is 0 Å². The molecule has 17 heavy (non-hydrogen) atoms. The summed E-state index contributed by atoms with van der Waals surface area (Å²) in [7, 11) is 0. The fourth-order valence-electron chi connectivity index (χ4n) is 1.85. The highest BCUT2D eigenvalue weighted by atomic mass is 79.9. The number of pyridine rings is 1. The molecular weight excluding hydrogens is 280 g/mol. The molecule has 0 spiro atoms. The molecule has 0 saturated heterocycles. The Hall–Kier alpha value is -1.88. The average Bonchev–Trinajstić information content (AvgIpc) is 2.82. The van der Waals surface area contributed by atoms with Gasteiger partial charge in [0.1, 0.15) is 0 Å². The summed E-state index contributed by atoms with van der Waals surface area (Å²) >= 11 is 3.46. The lowest BCUT2D eigenvalue weighted by molar-refractivity contribution is 1.07. The first-order valence-electron chi connectivity index (χ1n) is 5.08. The van der Waals surface area contributed by atoms with Crippen molar-refractivity contribution in [2.24, 2.45) is 0 Å². The molecule has 0 bridgehead atoms. The third-order valence-corrected chi connectivity index (χ3v) is 3.09. The molecule has 5 heteroatoms. The van der Waals surface area contributed by atoms with Crippen molar-refractivity contribution in [3.05, 3.63) is 47.6 Å². The molecule has 2 N–H and O–H groups in total. The smallest absolute Gasteiger partial charge is 0.0992 e. The maximum atomic E-state index is 6.00. The fraction of sp³-hybridized carbons (Fsp3) is 0. The van der Waals surface area contributed by atoms with E-state index in [4.69, 9.17) is 5.73 Å². The van der Waals surface area contributed by atoms with Crippen LogP contribution >= 0.6 is 15.9 Å². The number of benzene rings is 1. The van der Waals surface area contributed by atoms with Crippen LogP contribution in [0.25, 0.3) is 16.6 Å². The molecule has 0 radical (unpaired) electrons. The van der Waals surface area contributed by atoms with Crippen molar-refractivity contribution in [3.63, 3.8) is 0 Å². The summed E-state index contributed by atoms with van der Waals surface area (Å²) in [6.07, 6.45) is 6.99. The molecule has 2 heterocycles. The summed E-state index contributed by atoms with van der Waals surface area (Å²) in [4.78, 5) is 8.36. The summed E-state index contributed by atoms with van der Waals surface area (Å²) in [5.74, 6) is 0. The lowest BCUT2D eigenvalue weighted by Crippen LogP contribution is -2.00. The first-order valence-corrected chi connectivity index (χ1v) is 5.87. The van der Waals surface area contributed by atoms with E-state index >= 15 is 0 Å². The lowest BCUT2D eigenvalue weighted by Gasteiger charge is -2.10. The molecule has 84 valence electrons. The van der Waals surface area contributed by atoms with Gasteiger partial charge in [-0.25, -0.2) is 4.98 Å². The minimum atomic E-state index is 0.633. The Bertz CT molecular complexity index is 671. The van der Waals surface area contributed by atoms with Crippen molar-refractivity contribution in [1.29, 1.82) is 0 Å². The van der Waals surface area contributed by atoms with Crippen molar-refractivity contribution < 1.29 is 0 Å². The molecule has 0 saturated carbocycles. The van der Waals surface area contributed by atoms with Gasteiger partial charge in [0.25, 0.3) is 0 Å². The molecule has 3 aromatic rings. The Kier molecular flexibility index (Phi) is 2.33. The Morgan fingerprint density at radius 2 is 2.18 bits per heavy atom. The zero-order valence-corrected chi connectivity index (χ0v) is 10.4. The second-order valence-electron chi connectivity index (χ2n) is 3.69. The number of anilines is 1. The van der Waals surface area contributed by atoms with Crippen molar-refractivity contribution in [1.82, 2.24) is 14.5 Å². The van der Waals surface area contributed by atoms with Crippen molar-refractivity contribution >= 4 is 32.5 Å². The van der Waals surface area contributed by atoms with Crippen LogP contribution in [0.5, 0.6) is 0 Å². The van der Waals surface area contributed by atoms with Gasteiger partial charge in [0.05, 0.1) is 29.4 Å². The topological polar surface area (TPSA) is 56.7 Å². The molecule has 0 amide bonds. The number of imidazole rings is 1. The summed E-state index contributed by atoms with van der Waals surface area (Å²) < 4.78 is 2.89. The van der Waals surface area contributed by atoms with Gasteiger partial charge >= 0.3 is 0 Å². The van der Waals surface area contributed by atoms with E-state index in [-0.39, 0.29) is 0 Å². The monoisotopic (exact) mass is 288 g/mol. The molecule has 1 aromatic carbocycles. The second-order valence-corrected chi connectivity index (χ2v) is 4.61. The highest BCUT2D eigenvalue weighted by Gasteiger charge is 2.08. The highest BCUT2D eigenvalue weighted by molar-refractivity contribution is 9.10. The zero-order valence-electron chi connectivity index (χ0n) is 8.84. The van der Waals surface area contributed by atoms with Gasteiger partial charge in [-0.15, -0.1) is 0 Å². The molecule has 0 atom stereocenters. The van der Waals surface area contributed by atoms with E-state index in [1.807, 2.05) is 29.0 Å². The zero-order chi connectivity index (χ0) is 11.8. The molecule has 0 unspecified atom stereocenters. The van der Waals surface area contributed by atoms with Gasteiger partial charge in [0.15, 0.2) is 0 Å². The number of nitrogens with zero attached hydrogens (tertiary/aromatic N) is 3. The van der Waals surface area contributed by atoms with E-state index in [1.54, 1.807) is 18.7 Å². The van der Waals surface area contributed by atoms with Crippen molar-refractivity contribution in [3.8, 4) is 5.69 Å². The molecule has 0 aliphatic heterocycles. The largest absolute Gasteiger partial charge is 0.396 e. The Labute approximate surface area is 106 Å². The van der Waals surface area contributed by atoms with Crippen LogP contribution in [0, 0.1) is 0 Å². The second kappa shape index (κ2) is 3.85. The predicted molar refractivity (Wildman–Crippen MR) is 71.0 cm³/mol. The van der Waals surface area contributed by atoms with Gasteiger partial charge in [-0.05, 0) is 18.2 Å². The standard InChI is InChI=1S/C12H9BrN4/c13-8-1-2-11-9(5-8)12(10(14)6-16-11)17-4-3-15-7-17/h1-7H,14H2. The van der Waals surface area contributed by atoms with E-state index in [2.05, 4.69) is 25.9 Å². The molecule has 3 rings (SSSR count). The number of halogens is 1. The van der Waals surface area contributed by atoms with E-state index in [1.165, 1.54) is 0 Å². The normalized spacial score (nSPS) is 10.9. The summed E-state index contributed by atoms with van der Waals surface area (Å²) in [6.45, 7) is 0. The Balaban J connectivity index is 2.42. The summed E-state index contributed by atoms with van der Waals surface area (Å²) in [5.41, 5.74) is 8.45. The van der Waals surface area contributed by atoms with Crippen LogP contribution < -0.4 is 5.73 Å². The van der Waals surface area contributed by atoms with Crippen LogP contribution in [0.1, 0.15) is 0 Å². The third-order valence-electron chi connectivity index (χ3n) is 2.59. The number of nitrogens with two attached hydrogens (primary N) is 1. The number of aromatic nitrogens is 3. The van der Waals surface area contributed by atoms with Crippen LogP contribution in [0.4, 0.5) is 5.69 Å². The summed E-state index contributed by atoms with van der Waals surface area (Å²) in [5, 5.41) is 0.998. The minimum Gasteiger partial charge on any atom is -0.396 e. The fourth-order valence-corrected chi connectivity index (χ4v) is 2.21.